The molecule has 3 aromatic carbocycles. The number of amides is 1. The summed E-state index contributed by atoms with van der Waals surface area (Å²) >= 11 is 5.96. The summed E-state index contributed by atoms with van der Waals surface area (Å²) in [6, 6.07) is 21.2. The number of anilines is 1. The van der Waals surface area contributed by atoms with Crippen molar-refractivity contribution in [1.29, 1.82) is 0 Å². The molecule has 7 nitrogen and oxygen atoms in total. The number of aromatic nitrogens is 2. The Morgan fingerprint density at radius 2 is 1.67 bits per heavy atom. The van der Waals surface area contributed by atoms with E-state index in [1.54, 1.807) is 42.5 Å². The van der Waals surface area contributed by atoms with Gasteiger partial charge < -0.3 is 5.32 Å². The van der Waals surface area contributed by atoms with Gasteiger partial charge in [0.25, 0.3) is 5.56 Å². The number of hydrogen-bond acceptors (Lipinski definition) is 5. The van der Waals surface area contributed by atoms with Crippen LogP contribution in [0, 0.1) is 0 Å². The molecule has 0 unspecified atom stereocenters. The average Bonchev–Trinajstić information content (AvgIpc) is 2.76. The van der Waals surface area contributed by atoms with E-state index < -0.39 is 0 Å². The van der Waals surface area contributed by atoms with Gasteiger partial charge in [-0.05, 0) is 54.6 Å². The van der Waals surface area contributed by atoms with E-state index in [0.29, 0.717) is 27.3 Å². The zero-order valence-electron chi connectivity index (χ0n) is 15.7. The van der Waals surface area contributed by atoms with E-state index in [4.69, 9.17) is 11.6 Å². The molecule has 1 heterocycles. The molecular formula is C22H16ClN5O2. The number of fused-ring (bicyclic) bond motifs is 1. The number of azo groups is 1. The number of hydrogen-bond donors (Lipinski definition) is 1. The highest BCUT2D eigenvalue weighted by Crippen LogP contribution is 2.20. The zero-order chi connectivity index (χ0) is 20.9. The third kappa shape index (κ3) is 4.59. The van der Waals surface area contributed by atoms with Crippen LogP contribution < -0.4 is 10.9 Å². The summed E-state index contributed by atoms with van der Waals surface area (Å²) in [5.74, 6) is -0.348. The molecule has 0 fully saturated rings. The van der Waals surface area contributed by atoms with Gasteiger partial charge >= 0.3 is 0 Å². The number of nitrogens with zero attached hydrogens (tertiary/aromatic N) is 4. The van der Waals surface area contributed by atoms with Gasteiger partial charge in [0.1, 0.15) is 6.54 Å². The van der Waals surface area contributed by atoms with Gasteiger partial charge in [0.15, 0.2) is 0 Å². The molecule has 4 rings (SSSR count). The molecule has 0 radical (unpaired) electrons. The van der Waals surface area contributed by atoms with Gasteiger partial charge in [-0.1, -0.05) is 29.8 Å². The number of carbonyl (C=O) groups is 1. The quantitative estimate of drug-likeness (QED) is 0.458. The van der Waals surface area contributed by atoms with E-state index in [9.17, 15) is 9.59 Å². The lowest BCUT2D eigenvalue weighted by Gasteiger charge is -2.08. The van der Waals surface area contributed by atoms with E-state index in [1.807, 2.05) is 30.3 Å². The highest BCUT2D eigenvalue weighted by atomic mass is 35.5. The molecule has 8 heteroatoms. The van der Waals surface area contributed by atoms with E-state index in [-0.39, 0.29) is 18.0 Å². The second-order valence-electron chi connectivity index (χ2n) is 6.47. The van der Waals surface area contributed by atoms with Crippen molar-refractivity contribution >= 4 is 45.5 Å². The Hall–Kier alpha value is -3.84. The Kier molecular flexibility index (Phi) is 5.63. The Balaban J connectivity index is 1.43. The van der Waals surface area contributed by atoms with Gasteiger partial charge in [0, 0.05) is 10.7 Å². The van der Waals surface area contributed by atoms with Crippen LogP contribution in [0.15, 0.2) is 94.1 Å². The molecule has 0 aliphatic rings. The monoisotopic (exact) mass is 417 g/mol. The SMILES string of the molecule is O=C(Cn1cnc2ccc(Cl)cc2c1=O)Nc1ccc(N=Nc2ccccc2)cc1. The van der Waals surface area contributed by atoms with Crippen molar-refractivity contribution in [2.45, 2.75) is 6.54 Å². The largest absolute Gasteiger partial charge is 0.325 e. The normalized spacial score (nSPS) is 11.1. The van der Waals surface area contributed by atoms with Gasteiger partial charge in [-0.25, -0.2) is 4.98 Å². The van der Waals surface area contributed by atoms with Gasteiger partial charge in [-0.2, -0.15) is 10.2 Å². The molecular weight excluding hydrogens is 402 g/mol. The fraction of sp³-hybridized carbons (Fsp3) is 0.0455. The predicted molar refractivity (Wildman–Crippen MR) is 117 cm³/mol. The summed E-state index contributed by atoms with van der Waals surface area (Å²) in [6.45, 7) is -0.163. The molecule has 0 aliphatic carbocycles. The van der Waals surface area contributed by atoms with Crippen molar-refractivity contribution in [1.82, 2.24) is 9.55 Å². The minimum atomic E-state index is -0.348. The van der Waals surface area contributed by atoms with Crippen molar-refractivity contribution in [3.63, 3.8) is 0 Å². The fourth-order valence-electron chi connectivity index (χ4n) is 2.82. The maximum atomic E-state index is 12.6. The smallest absolute Gasteiger partial charge is 0.261 e. The summed E-state index contributed by atoms with van der Waals surface area (Å²) in [4.78, 5) is 29.1. The lowest BCUT2D eigenvalue weighted by molar-refractivity contribution is -0.116. The lowest BCUT2D eigenvalue weighted by atomic mass is 10.2. The fourth-order valence-corrected chi connectivity index (χ4v) is 2.99. The number of carbonyl (C=O) groups excluding carboxylic acids is 1. The topological polar surface area (TPSA) is 88.7 Å². The number of benzene rings is 3. The predicted octanol–water partition coefficient (Wildman–Crippen LogP) is 5.10. The third-order valence-corrected chi connectivity index (χ3v) is 4.52. The first-order valence-electron chi connectivity index (χ1n) is 9.10. The first-order chi connectivity index (χ1) is 14.6. The van der Waals surface area contributed by atoms with Gasteiger partial charge in [-0.15, -0.1) is 0 Å². The molecule has 1 amide bonds. The summed E-state index contributed by atoms with van der Waals surface area (Å²) < 4.78 is 1.25. The zero-order valence-corrected chi connectivity index (χ0v) is 16.5. The Morgan fingerprint density at radius 1 is 0.967 bits per heavy atom. The second-order valence-corrected chi connectivity index (χ2v) is 6.91. The molecule has 0 aliphatic heterocycles. The maximum absolute atomic E-state index is 12.6. The molecule has 0 atom stereocenters. The molecule has 4 aromatic rings. The molecule has 148 valence electrons. The first-order valence-corrected chi connectivity index (χ1v) is 9.48. The molecule has 1 aromatic heterocycles. The standard InChI is InChI=1S/C22H16ClN5O2/c23-15-6-11-20-19(12-15)22(30)28(14-24-20)13-21(29)25-16-7-9-18(10-8-16)27-26-17-4-2-1-3-5-17/h1-12,14H,13H2,(H,25,29). The van der Waals surface area contributed by atoms with Gasteiger partial charge in [0.2, 0.25) is 5.91 Å². The van der Waals surface area contributed by atoms with Crippen LogP contribution in [0.3, 0.4) is 0 Å². The van der Waals surface area contributed by atoms with Crippen LogP contribution in [0.1, 0.15) is 0 Å². The third-order valence-electron chi connectivity index (χ3n) is 4.29. The van der Waals surface area contributed by atoms with Crippen molar-refractivity contribution < 1.29 is 4.79 Å². The van der Waals surface area contributed by atoms with E-state index >= 15 is 0 Å². The number of rotatable bonds is 5. The second kappa shape index (κ2) is 8.67. The number of nitrogens with one attached hydrogen (secondary N) is 1. The van der Waals surface area contributed by atoms with Crippen LogP contribution in [0.4, 0.5) is 17.1 Å². The molecule has 0 spiro atoms. The highest BCUT2D eigenvalue weighted by molar-refractivity contribution is 6.31. The average molecular weight is 418 g/mol. The number of halogens is 1. The minimum Gasteiger partial charge on any atom is -0.325 e. The summed E-state index contributed by atoms with van der Waals surface area (Å²) in [6.07, 6.45) is 1.35. The molecule has 0 bridgehead atoms. The van der Waals surface area contributed by atoms with Crippen molar-refractivity contribution in [3.05, 3.63) is 94.5 Å². The summed E-state index contributed by atoms with van der Waals surface area (Å²) in [5, 5.41) is 11.9. The Labute approximate surface area is 176 Å². The minimum absolute atomic E-state index is 0.163. The van der Waals surface area contributed by atoms with Crippen molar-refractivity contribution in [2.24, 2.45) is 10.2 Å². The summed E-state index contributed by atoms with van der Waals surface area (Å²) in [5.41, 5.74) is 2.20. The lowest BCUT2D eigenvalue weighted by Crippen LogP contribution is -2.27. The van der Waals surface area contributed by atoms with Crippen LogP contribution in [0.25, 0.3) is 10.9 Å². The Morgan fingerprint density at radius 3 is 2.40 bits per heavy atom. The van der Waals surface area contributed by atoms with Crippen LogP contribution >= 0.6 is 11.6 Å². The van der Waals surface area contributed by atoms with Crippen LogP contribution in [-0.4, -0.2) is 15.5 Å². The van der Waals surface area contributed by atoms with Crippen molar-refractivity contribution in [2.75, 3.05) is 5.32 Å². The van der Waals surface area contributed by atoms with Crippen molar-refractivity contribution in [3.8, 4) is 0 Å². The molecule has 30 heavy (non-hydrogen) atoms. The van der Waals surface area contributed by atoms with E-state index in [1.165, 1.54) is 10.9 Å². The maximum Gasteiger partial charge on any atom is 0.261 e. The van der Waals surface area contributed by atoms with Crippen LogP contribution in [-0.2, 0) is 11.3 Å². The molecule has 0 saturated heterocycles. The molecule has 1 N–H and O–H groups in total. The molecule has 0 saturated carbocycles. The van der Waals surface area contributed by atoms with E-state index in [0.717, 1.165) is 5.69 Å². The van der Waals surface area contributed by atoms with Gasteiger partial charge in [-0.3, -0.25) is 14.2 Å². The summed E-state index contributed by atoms with van der Waals surface area (Å²) in [7, 11) is 0. The first kappa shape index (κ1) is 19.5. The Bertz CT molecular complexity index is 1280. The van der Waals surface area contributed by atoms with Crippen LogP contribution in [0.2, 0.25) is 5.02 Å². The highest BCUT2D eigenvalue weighted by Gasteiger charge is 2.09. The van der Waals surface area contributed by atoms with Gasteiger partial charge in [0.05, 0.1) is 28.6 Å². The van der Waals surface area contributed by atoms with Crippen LogP contribution in [0.5, 0.6) is 0 Å². The van der Waals surface area contributed by atoms with E-state index in [2.05, 4.69) is 20.5 Å².